The minimum atomic E-state index is 0.0225. The van der Waals surface area contributed by atoms with Crippen molar-refractivity contribution in [2.75, 3.05) is 0 Å². The van der Waals surface area contributed by atoms with Crippen molar-refractivity contribution in [2.45, 2.75) is 20.3 Å². The SMILES string of the molecule is CC(C)CC(=O)n1c2cncc(c2)c2cnc3[nH]nc(c4nc5c(nccc5c5ccc1s5)[nH]4)c3c2. The predicted molar refractivity (Wildman–Crippen MR) is 143 cm³/mol. The third-order valence-electron chi connectivity index (χ3n) is 6.25. The maximum atomic E-state index is 13.5. The average Bonchev–Trinajstić information content (AvgIpc) is 3.60. The average molecular weight is 493 g/mol. The van der Waals surface area contributed by atoms with Gasteiger partial charge in [0, 0.05) is 45.9 Å². The molecule has 0 amide bonds. The van der Waals surface area contributed by atoms with E-state index in [2.05, 4.69) is 30.1 Å². The lowest BCUT2D eigenvalue weighted by atomic mass is 10.1. The number of fused-ring (bicyclic) bond motifs is 9. The molecule has 7 aromatic rings. The topological polar surface area (TPSA) is 118 Å². The summed E-state index contributed by atoms with van der Waals surface area (Å²) in [6.07, 6.45) is 7.49. The maximum Gasteiger partial charge on any atom is 0.232 e. The fraction of sp³-hybridized carbons (Fsp3) is 0.154. The molecule has 0 aliphatic carbocycles. The van der Waals surface area contributed by atoms with Gasteiger partial charge in [0.25, 0.3) is 0 Å². The minimum Gasteiger partial charge on any atom is -0.321 e. The molecular formula is C26H20N8OS. The van der Waals surface area contributed by atoms with Gasteiger partial charge in [-0.05, 0) is 36.2 Å². The number of aromatic nitrogens is 8. The van der Waals surface area contributed by atoms with Crippen molar-refractivity contribution in [2.24, 2.45) is 5.92 Å². The lowest BCUT2D eigenvalue weighted by Crippen LogP contribution is -2.13. The Hall–Kier alpha value is -4.44. The van der Waals surface area contributed by atoms with Gasteiger partial charge in [-0.15, -0.1) is 11.3 Å². The second kappa shape index (κ2) is 7.79. The van der Waals surface area contributed by atoms with Gasteiger partial charge in [0.1, 0.15) is 15.9 Å². The zero-order chi connectivity index (χ0) is 24.4. The lowest BCUT2D eigenvalue weighted by Gasteiger charge is -2.09. The summed E-state index contributed by atoms with van der Waals surface area (Å²) in [4.78, 5) is 36.1. The van der Waals surface area contributed by atoms with Crippen LogP contribution >= 0.6 is 11.3 Å². The molecule has 0 saturated heterocycles. The van der Waals surface area contributed by atoms with Crippen LogP contribution in [0.15, 0.2) is 55.1 Å². The molecule has 7 heterocycles. The first-order chi connectivity index (χ1) is 17.5. The molecule has 0 saturated carbocycles. The van der Waals surface area contributed by atoms with Crippen LogP contribution in [-0.4, -0.2) is 45.6 Å². The molecule has 0 spiro atoms. The molecule has 2 N–H and O–H groups in total. The van der Waals surface area contributed by atoms with Gasteiger partial charge in [-0.25, -0.2) is 15.0 Å². The molecule has 176 valence electrons. The Labute approximate surface area is 207 Å². The maximum absolute atomic E-state index is 13.5. The van der Waals surface area contributed by atoms with Crippen LogP contribution in [0.2, 0.25) is 0 Å². The van der Waals surface area contributed by atoms with Crippen molar-refractivity contribution < 1.29 is 4.79 Å². The molecule has 7 rings (SSSR count). The van der Waals surface area contributed by atoms with E-state index in [0.717, 1.165) is 42.1 Å². The Bertz CT molecular complexity index is 2040. The van der Waals surface area contributed by atoms with E-state index in [0.29, 0.717) is 28.9 Å². The van der Waals surface area contributed by atoms with Crippen molar-refractivity contribution in [3.63, 3.8) is 0 Å². The predicted octanol–water partition coefficient (Wildman–Crippen LogP) is 5.91. The standard InChI is InChI=1S/C26H20N8OS/c1-13(2)7-20(35)34-16-8-14(10-27-12-16)15-9-18-23(32-33-24(18)29-11-15)26-30-22-17(5-6-28-25(22)31-26)19-3-4-21(34)36-19/h3-6,8-13H,7H2,1-2H3,(H,28,30,31)(H,29,32,33). The van der Waals surface area contributed by atoms with Crippen molar-refractivity contribution >= 4 is 81.8 Å². The van der Waals surface area contributed by atoms with Gasteiger partial charge in [-0.1, -0.05) is 13.8 Å². The molecule has 0 aliphatic rings. The minimum absolute atomic E-state index is 0.0225. The van der Waals surface area contributed by atoms with Crippen LogP contribution in [-0.2, 0) is 0 Å². The molecule has 0 aliphatic heterocycles. The monoisotopic (exact) mass is 492 g/mol. The van der Waals surface area contributed by atoms with Gasteiger partial charge in [-0.2, -0.15) is 5.10 Å². The molecule has 0 atom stereocenters. The van der Waals surface area contributed by atoms with Crippen LogP contribution in [0.25, 0.3) is 64.6 Å². The van der Waals surface area contributed by atoms with Gasteiger partial charge in [0.2, 0.25) is 5.91 Å². The van der Waals surface area contributed by atoms with E-state index in [1.165, 1.54) is 0 Å². The quantitative estimate of drug-likeness (QED) is 0.310. The Morgan fingerprint density at radius 2 is 1.86 bits per heavy atom. The number of carbonyl (C=O) groups excluding carboxylic acids is 1. The zero-order valence-electron chi connectivity index (χ0n) is 19.5. The summed E-state index contributed by atoms with van der Waals surface area (Å²) in [7, 11) is 0. The summed E-state index contributed by atoms with van der Waals surface area (Å²) < 4.78 is 2.76. The second-order valence-electron chi connectivity index (χ2n) is 9.23. The third-order valence-corrected chi connectivity index (χ3v) is 7.35. The molecule has 9 nitrogen and oxygen atoms in total. The first kappa shape index (κ1) is 20.9. The number of thiophene rings is 1. The van der Waals surface area contributed by atoms with Crippen LogP contribution in [0.5, 0.6) is 0 Å². The normalized spacial score (nSPS) is 12.1. The Morgan fingerprint density at radius 3 is 2.75 bits per heavy atom. The fourth-order valence-electron chi connectivity index (χ4n) is 4.60. The van der Waals surface area contributed by atoms with E-state index in [1.807, 2.05) is 44.2 Å². The molecule has 0 aromatic carbocycles. The first-order valence-electron chi connectivity index (χ1n) is 11.6. The molecule has 0 unspecified atom stereocenters. The van der Waals surface area contributed by atoms with E-state index < -0.39 is 0 Å². The van der Waals surface area contributed by atoms with Gasteiger partial charge < -0.3 is 4.98 Å². The van der Waals surface area contributed by atoms with Crippen LogP contribution in [0.1, 0.15) is 25.1 Å². The third kappa shape index (κ3) is 3.22. The van der Waals surface area contributed by atoms with Crippen molar-refractivity contribution in [3.05, 3.63) is 55.1 Å². The summed E-state index contributed by atoms with van der Waals surface area (Å²) in [6, 6.07) is 9.97. The van der Waals surface area contributed by atoms with E-state index in [4.69, 9.17) is 4.98 Å². The van der Waals surface area contributed by atoms with Crippen LogP contribution in [0.3, 0.4) is 0 Å². The highest BCUT2D eigenvalue weighted by Crippen LogP contribution is 2.30. The summed E-state index contributed by atoms with van der Waals surface area (Å²) in [6.45, 7) is 4.10. The zero-order valence-corrected chi connectivity index (χ0v) is 20.3. The number of rotatable bonds is 2. The number of hydrogen-bond donors (Lipinski definition) is 2. The number of hydrogen-bond acceptors (Lipinski definition) is 7. The summed E-state index contributed by atoms with van der Waals surface area (Å²) in [5.74, 6) is 0.243. The number of nitrogens with zero attached hydrogens (tertiary/aromatic N) is 6. The molecular weight excluding hydrogens is 472 g/mol. The van der Waals surface area contributed by atoms with Gasteiger partial charge in [-0.3, -0.25) is 19.4 Å². The second-order valence-corrected chi connectivity index (χ2v) is 10.3. The summed E-state index contributed by atoms with van der Waals surface area (Å²) in [5, 5.41) is 11.0. The highest BCUT2D eigenvalue weighted by molar-refractivity contribution is 7.24. The van der Waals surface area contributed by atoms with Gasteiger partial charge in [0.05, 0.1) is 17.1 Å². The molecule has 10 heteroatoms. The number of aromatic amines is 2. The van der Waals surface area contributed by atoms with Crippen molar-refractivity contribution in [3.8, 4) is 0 Å². The number of imidazole rings is 1. The molecule has 0 radical (unpaired) electrons. The van der Waals surface area contributed by atoms with Crippen LogP contribution < -0.4 is 0 Å². The van der Waals surface area contributed by atoms with E-state index in [1.54, 1.807) is 40.7 Å². The Morgan fingerprint density at radius 1 is 0.972 bits per heavy atom. The number of H-pyrrole nitrogens is 2. The van der Waals surface area contributed by atoms with E-state index in [9.17, 15) is 4.79 Å². The number of nitrogens with one attached hydrogen (secondary N) is 2. The molecule has 0 fully saturated rings. The number of carbonyl (C=O) groups is 1. The molecule has 7 aromatic heterocycles. The smallest absolute Gasteiger partial charge is 0.232 e. The number of pyridine rings is 3. The van der Waals surface area contributed by atoms with Crippen molar-refractivity contribution in [1.29, 1.82) is 0 Å². The molecule has 36 heavy (non-hydrogen) atoms. The van der Waals surface area contributed by atoms with Crippen LogP contribution in [0, 0.1) is 5.92 Å². The lowest BCUT2D eigenvalue weighted by molar-refractivity contribution is 0.0897. The van der Waals surface area contributed by atoms with Crippen LogP contribution in [0.4, 0.5) is 0 Å². The Balaban J connectivity index is 1.73. The molecule has 8 bridgehead atoms. The highest BCUT2D eigenvalue weighted by atomic mass is 32.1. The summed E-state index contributed by atoms with van der Waals surface area (Å²) in [5.41, 5.74) is 4.08. The largest absolute Gasteiger partial charge is 0.321 e. The Kier molecular flexibility index (Phi) is 4.52. The highest BCUT2D eigenvalue weighted by Gasteiger charge is 2.14. The first-order valence-corrected chi connectivity index (χ1v) is 12.4. The van der Waals surface area contributed by atoms with E-state index >= 15 is 0 Å². The fourth-order valence-corrected chi connectivity index (χ4v) is 5.67. The van der Waals surface area contributed by atoms with Gasteiger partial charge in [0.15, 0.2) is 16.9 Å². The van der Waals surface area contributed by atoms with E-state index in [-0.39, 0.29) is 11.8 Å². The van der Waals surface area contributed by atoms with Gasteiger partial charge >= 0.3 is 0 Å². The summed E-state index contributed by atoms with van der Waals surface area (Å²) >= 11 is 1.54. The van der Waals surface area contributed by atoms with Crippen molar-refractivity contribution in [1.82, 2.24) is 39.7 Å².